The molecule has 0 radical (unpaired) electrons. The molecule has 1 aromatic heterocycles. The molecule has 0 amide bonds. The zero-order valence-electron chi connectivity index (χ0n) is 16.1. The normalized spacial score (nSPS) is 22.7. The van der Waals surface area contributed by atoms with Gasteiger partial charge in [0.25, 0.3) is 5.56 Å². The van der Waals surface area contributed by atoms with Gasteiger partial charge in [0.15, 0.2) is 0 Å². The van der Waals surface area contributed by atoms with Crippen molar-refractivity contribution in [3.05, 3.63) is 38.9 Å². The Balaban J connectivity index is 2.13. The van der Waals surface area contributed by atoms with E-state index in [4.69, 9.17) is 4.98 Å². The molecule has 3 rings (SSSR count). The molecule has 0 unspecified atom stereocenters. The molecule has 0 saturated carbocycles. The molecule has 26 heavy (non-hydrogen) atoms. The van der Waals surface area contributed by atoms with E-state index in [-0.39, 0.29) is 11.6 Å². The lowest BCUT2D eigenvalue weighted by Gasteiger charge is -2.41. The summed E-state index contributed by atoms with van der Waals surface area (Å²) in [5.41, 5.74) is 0.848. The molecular formula is C20H29BrN4O. The summed E-state index contributed by atoms with van der Waals surface area (Å²) in [6, 6.07) is 6.83. The topological polar surface area (TPSA) is 50.2 Å². The van der Waals surface area contributed by atoms with Crippen LogP contribution in [0.25, 0.3) is 10.9 Å². The Hall–Kier alpha value is -1.24. The van der Waals surface area contributed by atoms with Gasteiger partial charge in [-0.1, -0.05) is 29.3 Å². The van der Waals surface area contributed by atoms with Gasteiger partial charge in [0.2, 0.25) is 0 Å². The Morgan fingerprint density at radius 3 is 2.58 bits per heavy atom. The van der Waals surface area contributed by atoms with E-state index in [1.807, 2.05) is 29.7 Å². The zero-order valence-corrected chi connectivity index (χ0v) is 17.7. The molecule has 1 N–H and O–H groups in total. The van der Waals surface area contributed by atoms with Crippen LogP contribution in [-0.2, 0) is 6.54 Å². The van der Waals surface area contributed by atoms with E-state index in [9.17, 15) is 4.79 Å². The van der Waals surface area contributed by atoms with Crippen molar-refractivity contribution in [1.29, 1.82) is 0 Å². The lowest BCUT2D eigenvalue weighted by atomic mass is 10.0. The molecule has 1 aliphatic heterocycles. The van der Waals surface area contributed by atoms with E-state index in [1.165, 1.54) is 0 Å². The number of rotatable bonds is 5. The lowest BCUT2D eigenvalue weighted by Crippen LogP contribution is -2.55. The van der Waals surface area contributed by atoms with E-state index >= 15 is 0 Å². The van der Waals surface area contributed by atoms with Crippen LogP contribution >= 0.6 is 15.9 Å². The smallest absolute Gasteiger partial charge is 0.261 e. The first-order chi connectivity index (χ1) is 12.4. The summed E-state index contributed by atoms with van der Waals surface area (Å²) in [7, 11) is 0. The third-order valence-corrected chi connectivity index (χ3v) is 5.64. The Morgan fingerprint density at radius 2 is 1.96 bits per heavy atom. The van der Waals surface area contributed by atoms with Gasteiger partial charge in [-0.3, -0.25) is 14.3 Å². The van der Waals surface area contributed by atoms with Crippen LogP contribution in [0.4, 0.5) is 0 Å². The Kier molecular flexibility index (Phi) is 6.15. The van der Waals surface area contributed by atoms with Crippen molar-refractivity contribution in [3.63, 3.8) is 0 Å². The van der Waals surface area contributed by atoms with Gasteiger partial charge in [-0.2, -0.15) is 0 Å². The predicted octanol–water partition coefficient (Wildman–Crippen LogP) is 3.70. The van der Waals surface area contributed by atoms with Crippen LogP contribution in [0.15, 0.2) is 27.5 Å². The monoisotopic (exact) mass is 420 g/mol. The van der Waals surface area contributed by atoms with Gasteiger partial charge in [0.05, 0.1) is 16.9 Å². The van der Waals surface area contributed by atoms with Gasteiger partial charge in [-0.15, -0.1) is 0 Å². The first-order valence-electron chi connectivity index (χ1n) is 9.64. The number of fused-ring (bicyclic) bond motifs is 1. The molecule has 1 aromatic carbocycles. The summed E-state index contributed by atoms with van der Waals surface area (Å²) in [5, 5.41) is 4.28. The number of piperazine rings is 1. The number of hydrogen-bond donors (Lipinski definition) is 1. The molecule has 0 aliphatic carbocycles. The number of nitrogens with one attached hydrogen (secondary N) is 1. The van der Waals surface area contributed by atoms with Crippen molar-refractivity contribution in [2.45, 2.75) is 65.2 Å². The van der Waals surface area contributed by atoms with E-state index < -0.39 is 0 Å². The van der Waals surface area contributed by atoms with Crippen molar-refractivity contribution >= 4 is 26.8 Å². The van der Waals surface area contributed by atoms with Gasteiger partial charge < -0.3 is 5.32 Å². The molecule has 3 atom stereocenters. The Labute approximate surface area is 163 Å². The van der Waals surface area contributed by atoms with Gasteiger partial charge >= 0.3 is 0 Å². The Bertz CT molecular complexity index is 824. The molecule has 1 aliphatic rings. The highest BCUT2D eigenvalue weighted by Gasteiger charge is 2.30. The fraction of sp³-hybridized carbons (Fsp3) is 0.600. The summed E-state index contributed by atoms with van der Waals surface area (Å²) >= 11 is 3.47. The summed E-state index contributed by atoms with van der Waals surface area (Å²) < 4.78 is 2.78. The molecule has 6 heteroatoms. The second kappa shape index (κ2) is 8.19. The fourth-order valence-corrected chi connectivity index (χ4v) is 4.50. The average Bonchev–Trinajstić information content (AvgIpc) is 2.59. The first-order valence-corrected chi connectivity index (χ1v) is 10.4. The lowest BCUT2D eigenvalue weighted by molar-refractivity contribution is 0.109. The highest BCUT2D eigenvalue weighted by molar-refractivity contribution is 9.10. The number of nitrogens with zero attached hydrogens (tertiary/aromatic N) is 3. The van der Waals surface area contributed by atoms with Crippen LogP contribution in [0, 0.1) is 0 Å². The van der Waals surface area contributed by atoms with Crippen molar-refractivity contribution in [1.82, 2.24) is 19.8 Å². The molecule has 2 aromatic rings. The third kappa shape index (κ3) is 3.87. The summed E-state index contributed by atoms with van der Waals surface area (Å²) in [5.74, 6) is 0.912. The van der Waals surface area contributed by atoms with E-state index in [1.54, 1.807) is 0 Å². The maximum Gasteiger partial charge on any atom is 0.261 e. The number of benzene rings is 1. The minimum Gasteiger partial charge on any atom is -0.309 e. The largest absolute Gasteiger partial charge is 0.309 e. The van der Waals surface area contributed by atoms with E-state index in [0.29, 0.717) is 24.0 Å². The molecule has 1 saturated heterocycles. The standard InChI is InChI=1S/C20H29BrN4O/c1-5-7-18(24-11-13(3)22-14(4)12-24)19-23-17-9-8-15(21)10-16(17)20(26)25(19)6-2/h8-10,13-14,18,22H,5-7,11-12H2,1-4H3/t13-,14+,18-/m0/s1. The van der Waals surface area contributed by atoms with Gasteiger partial charge in [0.1, 0.15) is 5.82 Å². The van der Waals surface area contributed by atoms with Crippen molar-refractivity contribution in [3.8, 4) is 0 Å². The maximum absolute atomic E-state index is 13.1. The summed E-state index contributed by atoms with van der Waals surface area (Å²) in [6.07, 6.45) is 2.07. The summed E-state index contributed by atoms with van der Waals surface area (Å²) in [6.45, 7) is 11.3. The minimum absolute atomic E-state index is 0.0612. The molecule has 0 bridgehead atoms. The molecule has 142 valence electrons. The van der Waals surface area contributed by atoms with Crippen LogP contribution in [0.1, 0.15) is 52.4 Å². The molecule has 1 fully saturated rings. The van der Waals surface area contributed by atoms with Crippen molar-refractivity contribution < 1.29 is 0 Å². The first kappa shape index (κ1) is 19.5. The van der Waals surface area contributed by atoms with Gasteiger partial charge in [-0.05, 0) is 45.4 Å². The van der Waals surface area contributed by atoms with Gasteiger partial charge in [-0.25, -0.2) is 4.98 Å². The van der Waals surface area contributed by atoms with Crippen LogP contribution in [0.2, 0.25) is 0 Å². The quantitative estimate of drug-likeness (QED) is 0.800. The molecule has 2 heterocycles. The molecule has 0 spiro atoms. The average molecular weight is 421 g/mol. The second-order valence-corrected chi connectivity index (χ2v) is 8.32. The van der Waals surface area contributed by atoms with Crippen LogP contribution < -0.4 is 10.9 Å². The molecular weight excluding hydrogens is 392 g/mol. The number of hydrogen-bond acceptors (Lipinski definition) is 4. The predicted molar refractivity (Wildman–Crippen MR) is 111 cm³/mol. The van der Waals surface area contributed by atoms with Crippen LogP contribution in [-0.4, -0.2) is 39.6 Å². The fourth-order valence-electron chi connectivity index (χ4n) is 4.14. The minimum atomic E-state index is 0.0612. The van der Waals surface area contributed by atoms with Crippen molar-refractivity contribution in [2.75, 3.05) is 13.1 Å². The maximum atomic E-state index is 13.1. The van der Waals surface area contributed by atoms with Crippen LogP contribution in [0.5, 0.6) is 0 Å². The summed E-state index contributed by atoms with van der Waals surface area (Å²) in [4.78, 5) is 20.6. The zero-order chi connectivity index (χ0) is 18.8. The Morgan fingerprint density at radius 1 is 1.27 bits per heavy atom. The third-order valence-electron chi connectivity index (χ3n) is 5.15. The van der Waals surface area contributed by atoms with E-state index in [0.717, 1.165) is 41.7 Å². The van der Waals surface area contributed by atoms with Crippen molar-refractivity contribution in [2.24, 2.45) is 0 Å². The number of halogens is 1. The molecule has 5 nitrogen and oxygen atoms in total. The highest BCUT2D eigenvalue weighted by Crippen LogP contribution is 2.27. The second-order valence-electron chi connectivity index (χ2n) is 7.41. The van der Waals surface area contributed by atoms with Crippen LogP contribution in [0.3, 0.4) is 0 Å². The van der Waals surface area contributed by atoms with E-state index in [2.05, 4.69) is 46.9 Å². The SMILES string of the molecule is CCC[C@@H](c1nc2ccc(Br)cc2c(=O)n1CC)N1C[C@@H](C)N[C@@H](C)C1. The highest BCUT2D eigenvalue weighted by atomic mass is 79.9. The van der Waals surface area contributed by atoms with Gasteiger partial charge in [0, 0.05) is 36.2 Å². The number of aromatic nitrogens is 2.